The van der Waals surface area contributed by atoms with Crippen molar-refractivity contribution in [3.8, 4) is 5.69 Å². The lowest BCUT2D eigenvalue weighted by Gasteiger charge is -2.10. The van der Waals surface area contributed by atoms with Crippen LogP contribution in [0.2, 0.25) is 0 Å². The van der Waals surface area contributed by atoms with Gasteiger partial charge < -0.3 is 9.84 Å². The Morgan fingerprint density at radius 3 is 2.38 bits per heavy atom. The van der Waals surface area contributed by atoms with Gasteiger partial charge in [-0.25, -0.2) is 0 Å². The van der Waals surface area contributed by atoms with Gasteiger partial charge in [-0.05, 0) is 12.1 Å². The Hall–Kier alpha value is -1.93. The van der Waals surface area contributed by atoms with Gasteiger partial charge >= 0.3 is 6.18 Å². The van der Waals surface area contributed by atoms with E-state index in [1.807, 2.05) is 6.07 Å². The van der Waals surface area contributed by atoms with Crippen molar-refractivity contribution in [2.75, 3.05) is 13.2 Å². The molecule has 21 heavy (non-hydrogen) atoms. The zero-order chi connectivity index (χ0) is 15.3. The summed E-state index contributed by atoms with van der Waals surface area (Å²) in [5.74, 6) is 0.763. The number of benzene rings is 1. The Balaban J connectivity index is 2.09. The molecule has 0 aliphatic rings. The van der Waals surface area contributed by atoms with Crippen LogP contribution in [0.3, 0.4) is 0 Å². The van der Waals surface area contributed by atoms with E-state index in [4.69, 9.17) is 0 Å². The van der Waals surface area contributed by atoms with E-state index < -0.39 is 12.8 Å². The number of para-hydroxylation sites is 1. The van der Waals surface area contributed by atoms with Gasteiger partial charge in [0.2, 0.25) is 0 Å². The van der Waals surface area contributed by atoms with Gasteiger partial charge in [-0.1, -0.05) is 18.2 Å². The number of hydrogen-bond donors (Lipinski definition) is 1. The molecule has 0 spiro atoms. The van der Waals surface area contributed by atoms with Crippen molar-refractivity contribution in [2.24, 2.45) is 0 Å². The molecule has 8 heteroatoms. The summed E-state index contributed by atoms with van der Waals surface area (Å²) >= 11 is 0. The molecule has 1 N–H and O–H groups in total. The molecule has 1 heterocycles. The molecule has 0 saturated heterocycles. The monoisotopic (exact) mass is 301 g/mol. The van der Waals surface area contributed by atoms with Crippen LogP contribution in [0.15, 0.2) is 30.3 Å². The van der Waals surface area contributed by atoms with Crippen molar-refractivity contribution in [2.45, 2.75) is 19.2 Å². The lowest BCUT2D eigenvalue weighted by Crippen LogP contribution is -2.18. The third kappa shape index (κ3) is 4.27. The number of hydrogen-bond acceptors (Lipinski definition) is 4. The maximum atomic E-state index is 12.0. The van der Waals surface area contributed by atoms with Crippen molar-refractivity contribution in [3.63, 3.8) is 0 Å². The quantitative estimate of drug-likeness (QED) is 0.828. The van der Waals surface area contributed by atoms with E-state index >= 15 is 0 Å². The summed E-state index contributed by atoms with van der Waals surface area (Å²) in [7, 11) is 0. The maximum absolute atomic E-state index is 12.0. The van der Waals surface area contributed by atoms with Crippen LogP contribution in [-0.2, 0) is 17.8 Å². The normalized spacial score (nSPS) is 11.8. The molecule has 0 radical (unpaired) electrons. The molecule has 0 fully saturated rings. The number of ether oxygens (including phenoxy) is 1. The zero-order valence-corrected chi connectivity index (χ0v) is 11.0. The molecule has 0 unspecified atom stereocenters. The highest BCUT2D eigenvalue weighted by molar-refractivity contribution is 5.33. The van der Waals surface area contributed by atoms with Gasteiger partial charge in [-0.3, -0.25) is 4.57 Å². The average Bonchev–Trinajstić information content (AvgIpc) is 2.86. The second kappa shape index (κ2) is 6.68. The summed E-state index contributed by atoms with van der Waals surface area (Å²) in [5.41, 5.74) is 0.734. The molecule has 1 aromatic carbocycles. The molecule has 0 saturated carbocycles. The number of aliphatic hydroxyl groups excluding tert-OH is 1. The number of rotatable bonds is 6. The number of alkyl halides is 3. The van der Waals surface area contributed by atoms with Crippen molar-refractivity contribution in [1.82, 2.24) is 14.8 Å². The first-order valence-corrected chi connectivity index (χ1v) is 6.25. The van der Waals surface area contributed by atoms with E-state index in [9.17, 15) is 18.3 Å². The molecule has 1 aromatic heterocycles. The lowest BCUT2D eigenvalue weighted by atomic mass is 10.3. The Kier molecular flexibility index (Phi) is 4.92. The number of aromatic nitrogens is 3. The second-order valence-electron chi connectivity index (χ2n) is 4.28. The number of aliphatic hydroxyl groups is 1. The highest BCUT2D eigenvalue weighted by Crippen LogP contribution is 2.16. The van der Waals surface area contributed by atoms with E-state index in [1.54, 1.807) is 28.8 Å². The third-order valence-electron chi connectivity index (χ3n) is 2.69. The molecule has 0 bridgehead atoms. The first kappa shape index (κ1) is 15.5. The standard InChI is InChI=1S/C13H14F3N3O2/c14-13(15,16)9-21-7-6-11-17-18-12(8-20)19(11)10-4-2-1-3-5-10/h1-5,20H,6-9H2. The van der Waals surface area contributed by atoms with Crippen LogP contribution in [0, 0.1) is 0 Å². The largest absolute Gasteiger partial charge is 0.411 e. The molecule has 0 atom stereocenters. The minimum atomic E-state index is -4.34. The first-order chi connectivity index (χ1) is 10.0. The van der Waals surface area contributed by atoms with Crippen LogP contribution >= 0.6 is 0 Å². The average molecular weight is 301 g/mol. The molecular weight excluding hydrogens is 287 g/mol. The van der Waals surface area contributed by atoms with Crippen LogP contribution in [-0.4, -0.2) is 39.3 Å². The summed E-state index contributed by atoms with van der Waals surface area (Å²) in [6.45, 7) is -1.74. The van der Waals surface area contributed by atoms with Crippen molar-refractivity contribution >= 4 is 0 Å². The summed E-state index contributed by atoms with van der Waals surface area (Å²) < 4.78 is 42.2. The van der Waals surface area contributed by atoms with Crippen LogP contribution < -0.4 is 0 Å². The Morgan fingerprint density at radius 2 is 1.76 bits per heavy atom. The highest BCUT2D eigenvalue weighted by atomic mass is 19.4. The van der Waals surface area contributed by atoms with Crippen molar-refractivity contribution < 1.29 is 23.0 Å². The van der Waals surface area contributed by atoms with Gasteiger partial charge in [0, 0.05) is 12.1 Å². The second-order valence-corrected chi connectivity index (χ2v) is 4.28. The number of halogens is 3. The van der Waals surface area contributed by atoms with Gasteiger partial charge in [0.15, 0.2) is 5.82 Å². The highest BCUT2D eigenvalue weighted by Gasteiger charge is 2.27. The fourth-order valence-electron chi connectivity index (χ4n) is 1.84. The molecule has 0 aliphatic heterocycles. The lowest BCUT2D eigenvalue weighted by molar-refractivity contribution is -0.173. The molecule has 5 nitrogen and oxygen atoms in total. The fourth-order valence-corrected chi connectivity index (χ4v) is 1.84. The molecule has 2 aromatic rings. The fraction of sp³-hybridized carbons (Fsp3) is 0.385. The summed E-state index contributed by atoms with van der Waals surface area (Å²) in [6, 6.07) is 9.03. The van der Waals surface area contributed by atoms with Gasteiger partial charge in [0.1, 0.15) is 19.0 Å². The van der Waals surface area contributed by atoms with Gasteiger partial charge in [0.25, 0.3) is 0 Å². The predicted molar refractivity (Wildman–Crippen MR) is 67.9 cm³/mol. The van der Waals surface area contributed by atoms with Crippen LogP contribution in [0.4, 0.5) is 13.2 Å². The molecule has 0 amide bonds. The summed E-state index contributed by atoms with van der Waals surface area (Å²) in [5, 5.41) is 17.0. The van der Waals surface area contributed by atoms with E-state index in [0.717, 1.165) is 5.69 Å². The SMILES string of the molecule is OCc1nnc(CCOCC(F)(F)F)n1-c1ccccc1. The Labute approximate surface area is 119 Å². The van der Waals surface area contributed by atoms with Gasteiger partial charge in [0.05, 0.1) is 6.61 Å². The zero-order valence-electron chi connectivity index (χ0n) is 11.0. The summed E-state index contributed by atoms with van der Waals surface area (Å²) in [6.07, 6.45) is -4.18. The van der Waals surface area contributed by atoms with Gasteiger partial charge in [-0.2, -0.15) is 13.2 Å². The van der Waals surface area contributed by atoms with Crippen LogP contribution in [0.5, 0.6) is 0 Å². The van der Waals surface area contributed by atoms with Gasteiger partial charge in [-0.15, -0.1) is 10.2 Å². The minimum absolute atomic E-state index is 0.129. The van der Waals surface area contributed by atoms with Crippen LogP contribution in [0.25, 0.3) is 5.69 Å². The Morgan fingerprint density at radius 1 is 1.10 bits per heavy atom. The first-order valence-electron chi connectivity index (χ1n) is 6.25. The third-order valence-corrected chi connectivity index (χ3v) is 2.69. The van der Waals surface area contributed by atoms with Crippen LogP contribution in [0.1, 0.15) is 11.6 Å². The molecule has 114 valence electrons. The number of nitrogens with zero attached hydrogens (tertiary/aromatic N) is 3. The Bertz CT molecular complexity index is 570. The van der Waals surface area contributed by atoms with Crippen molar-refractivity contribution in [3.05, 3.63) is 42.0 Å². The van der Waals surface area contributed by atoms with E-state index in [0.29, 0.717) is 11.6 Å². The topological polar surface area (TPSA) is 60.2 Å². The predicted octanol–water partition coefficient (Wildman–Crippen LogP) is 1.88. The molecular formula is C13H14F3N3O2. The van der Waals surface area contributed by atoms with E-state index in [-0.39, 0.29) is 19.6 Å². The van der Waals surface area contributed by atoms with E-state index in [1.165, 1.54) is 0 Å². The molecule has 2 rings (SSSR count). The minimum Gasteiger partial charge on any atom is -0.388 e. The van der Waals surface area contributed by atoms with Crippen molar-refractivity contribution in [1.29, 1.82) is 0 Å². The summed E-state index contributed by atoms with van der Waals surface area (Å²) in [4.78, 5) is 0. The smallest absolute Gasteiger partial charge is 0.388 e. The molecule has 0 aliphatic carbocycles. The maximum Gasteiger partial charge on any atom is 0.411 e. The van der Waals surface area contributed by atoms with E-state index in [2.05, 4.69) is 14.9 Å².